The SMILES string of the molecule is CCc1nc(SCc2ccc(-c3ccccc3C#N)cc2)n[nH]1. The zero-order chi connectivity index (χ0) is 16.1. The lowest BCUT2D eigenvalue weighted by atomic mass is 10.00. The molecule has 0 unspecified atom stereocenters. The van der Waals surface area contributed by atoms with E-state index in [4.69, 9.17) is 0 Å². The molecule has 1 aromatic heterocycles. The standard InChI is InChI=1S/C18H16N4S/c1-2-17-20-18(22-21-17)23-12-13-7-9-14(10-8-13)16-6-4-3-5-15(16)11-19/h3-10H,2,12H2,1H3,(H,20,21,22). The number of nitrogens with one attached hydrogen (secondary N) is 1. The first-order valence-electron chi connectivity index (χ1n) is 7.42. The van der Waals surface area contributed by atoms with Crippen LogP contribution >= 0.6 is 11.8 Å². The van der Waals surface area contributed by atoms with Gasteiger partial charge in [0.25, 0.3) is 0 Å². The molecule has 0 aliphatic carbocycles. The zero-order valence-corrected chi connectivity index (χ0v) is 13.6. The molecular formula is C18H16N4S. The molecule has 0 spiro atoms. The first kappa shape index (κ1) is 15.3. The lowest BCUT2D eigenvalue weighted by Gasteiger charge is -2.05. The minimum Gasteiger partial charge on any atom is -0.262 e. The van der Waals surface area contributed by atoms with Crippen molar-refractivity contribution in [3.05, 3.63) is 65.5 Å². The molecule has 4 nitrogen and oxygen atoms in total. The first-order chi connectivity index (χ1) is 11.3. The summed E-state index contributed by atoms with van der Waals surface area (Å²) in [5, 5.41) is 17.1. The smallest absolute Gasteiger partial charge is 0.208 e. The van der Waals surface area contributed by atoms with E-state index in [1.165, 1.54) is 5.56 Å². The Labute approximate surface area is 139 Å². The number of hydrogen-bond donors (Lipinski definition) is 1. The number of rotatable bonds is 5. The van der Waals surface area contributed by atoms with Gasteiger partial charge in [0.15, 0.2) is 0 Å². The number of aryl methyl sites for hydroxylation is 1. The minimum absolute atomic E-state index is 0.697. The van der Waals surface area contributed by atoms with Gasteiger partial charge in [-0.1, -0.05) is 61.2 Å². The topological polar surface area (TPSA) is 65.4 Å². The second-order valence-corrected chi connectivity index (χ2v) is 6.00. The number of benzene rings is 2. The van der Waals surface area contributed by atoms with Crippen molar-refractivity contribution in [2.24, 2.45) is 0 Å². The second-order valence-electron chi connectivity index (χ2n) is 5.06. The number of aromatic nitrogens is 3. The Morgan fingerprint density at radius 1 is 1.13 bits per heavy atom. The summed E-state index contributed by atoms with van der Waals surface area (Å²) >= 11 is 1.61. The molecule has 3 rings (SSSR count). The van der Waals surface area contributed by atoms with E-state index < -0.39 is 0 Å². The van der Waals surface area contributed by atoms with E-state index >= 15 is 0 Å². The van der Waals surface area contributed by atoms with Crippen molar-refractivity contribution >= 4 is 11.8 Å². The van der Waals surface area contributed by atoms with E-state index in [0.717, 1.165) is 34.3 Å². The van der Waals surface area contributed by atoms with E-state index in [0.29, 0.717) is 5.56 Å². The summed E-state index contributed by atoms with van der Waals surface area (Å²) in [5.74, 6) is 1.73. The van der Waals surface area contributed by atoms with Crippen molar-refractivity contribution < 1.29 is 0 Å². The second kappa shape index (κ2) is 7.12. The van der Waals surface area contributed by atoms with Crippen LogP contribution in [0.4, 0.5) is 0 Å². The van der Waals surface area contributed by atoms with E-state index in [2.05, 4.69) is 45.5 Å². The van der Waals surface area contributed by atoms with Crippen molar-refractivity contribution in [3.8, 4) is 17.2 Å². The monoisotopic (exact) mass is 320 g/mol. The van der Waals surface area contributed by atoms with E-state index in [1.54, 1.807) is 11.8 Å². The molecule has 2 aromatic carbocycles. The maximum absolute atomic E-state index is 9.20. The fraction of sp³-hybridized carbons (Fsp3) is 0.167. The Kier molecular flexibility index (Phi) is 4.74. The Hall–Kier alpha value is -2.58. The predicted molar refractivity (Wildman–Crippen MR) is 91.9 cm³/mol. The quantitative estimate of drug-likeness (QED) is 0.716. The van der Waals surface area contributed by atoms with E-state index in [9.17, 15) is 5.26 Å². The molecule has 0 aliphatic rings. The van der Waals surface area contributed by atoms with Crippen LogP contribution in [0.25, 0.3) is 11.1 Å². The van der Waals surface area contributed by atoms with Crippen LogP contribution in [-0.2, 0) is 12.2 Å². The van der Waals surface area contributed by atoms with E-state index in [1.807, 2.05) is 31.2 Å². The molecule has 23 heavy (non-hydrogen) atoms. The molecule has 0 fully saturated rings. The highest BCUT2D eigenvalue weighted by Gasteiger charge is 2.05. The highest BCUT2D eigenvalue weighted by Crippen LogP contribution is 2.25. The number of nitrogens with zero attached hydrogens (tertiary/aromatic N) is 3. The van der Waals surface area contributed by atoms with Gasteiger partial charge in [-0.25, -0.2) is 4.98 Å². The Morgan fingerprint density at radius 3 is 2.61 bits per heavy atom. The van der Waals surface area contributed by atoms with Crippen LogP contribution in [-0.4, -0.2) is 15.2 Å². The van der Waals surface area contributed by atoms with Crippen LogP contribution in [0.3, 0.4) is 0 Å². The summed E-state index contributed by atoms with van der Waals surface area (Å²) < 4.78 is 0. The van der Waals surface area contributed by atoms with Gasteiger partial charge in [0, 0.05) is 12.2 Å². The summed E-state index contributed by atoms with van der Waals surface area (Å²) in [6.45, 7) is 2.05. The van der Waals surface area contributed by atoms with Gasteiger partial charge >= 0.3 is 0 Å². The highest BCUT2D eigenvalue weighted by molar-refractivity contribution is 7.98. The third kappa shape index (κ3) is 3.61. The third-order valence-electron chi connectivity index (χ3n) is 3.53. The van der Waals surface area contributed by atoms with Crippen molar-refractivity contribution in [1.29, 1.82) is 5.26 Å². The molecule has 5 heteroatoms. The van der Waals surface area contributed by atoms with Crippen molar-refractivity contribution in [2.75, 3.05) is 0 Å². The summed E-state index contributed by atoms with van der Waals surface area (Å²) in [4.78, 5) is 4.39. The molecule has 0 saturated heterocycles. The van der Waals surface area contributed by atoms with E-state index in [-0.39, 0.29) is 0 Å². The number of H-pyrrole nitrogens is 1. The Morgan fingerprint density at radius 2 is 1.91 bits per heavy atom. The maximum Gasteiger partial charge on any atom is 0.208 e. The third-order valence-corrected chi connectivity index (χ3v) is 4.44. The van der Waals surface area contributed by atoms with Gasteiger partial charge in [-0.15, -0.1) is 5.10 Å². The first-order valence-corrected chi connectivity index (χ1v) is 8.41. The molecule has 1 heterocycles. The van der Waals surface area contributed by atoms with Gasteiger partial charge in [0.05, 0.1) is 11.6 Å². The normalized spacial score (nSPS) is 10.4. The minimum atomic E-state index is 0.697. The highest BCUT2D eigenvalue weighted by atomic mass is 32.2. The molecule has 0 radical (unpaired) electrons. The van der Waals surface area contributed by atoms with Crippen LogP contribution in [0.15, 0.2) is 53.7 Å². The summed E-state index contributed by atoms with van der Waals surface area (Å²) in [5.41, 5.74) is 3.93. The van der Waals surface area contributed by atoms with Crippen LogP contribution in [0.1, 0.15) is 23.9 Å². The molecule has 0 atom stereocenters. The molecule has 0 saturated carbocycles. The molecule has 114 valence electrons. The van der Waals surface area contributed by atoms with Crippen LogP contribution in [0, 0.1) is 11.3 Å². The number of hydrogen-bond acceptors (Lipinski definition) is 4. The molecule has 0 bridgehead atoms. The Bertz CT molecular complexity index is 831. The average molecular weight is 320 g/mol. The molecule has 3 aromatic rings. The van der Waals surface area contributed by atoms with Crippen molar-refractivity contribution in [2.45, 2.75) is 24.3 Å². The molecular weight excluding hydrogens is 304 g/mol. The summed E-state index contributed by atoms with van der Waals surface area (Å²) in [6.07, 6.45) is 0.862. The maximum atomic E-state index is 9.20. The summed E-state index contributed by atoms with van der Waals surface area (Å²) in [6, 6.07) is 18.2. The van der Waals surface area contributed by atoms with Crippen LogP contribution < -0.4 is 0 Å². The molecule has 0 amide bonds. The fourth-order valence-electron chi connectivity index (χ4n) is 2.26. The van der Waals surface area contributed by atoms with Gasteiger partial charge in [0.2, 0.25) is 5.16 Å². The Balaban J connectivity index is 1.71. The van der Waals surface area contributed by atoms with Gasteiger partial charge in [-0.05, 0) is 22.8 Å². The number of nitriles is 1. The fourth-order valence-corrected chi connectivity index (χ4v) is 3.03. The molecule has 0 aliphatic heterocycles. The summed E-state index contributed by atoms with van der Waals surface area (Å²) in [7, 11) is 0. The molecule has 1 N–H and O–H groups in total. The largest absolute Gasteiger partial charge is 0.262 e. The van der Waals surface area contributed by atoms with Crippen molar-refractivity contribution in [3.63, 3.8) is 0 Å². The van der Waals surface area contributed by atoms with Crippen molar-refractivity contribution in [1.82, 2.24) is 15.2 Å². The van der Waals surface area contributed by atoms with Crippen LogP contribution in [0.5, 0.6) is 0 Å². The number of aromatic amines is 1. The van der Waals surface area contributed by atoms with Gasteiger partial charge < -0.3 is 0 Å². The average Bonchev–Trinajstić information content (AvgIpc) is 3.08. The van der Waals surface area contributed by atoms with Gasteiger partial charge in [-0.2, -0.15) is 5.26 Å². The zero-order valence-electron chi connectivity index (χ0n) is 12.8. The van der Waals surface area contributed by atoms with Gasteiger partial charge in [0.1, 0.15) is 5.82 Å². The van der Waals surface area contributed by atoms with Crippen LogP contribution in [0.2, 0.25) is 0 Å². The lowest BCUT2D eigenvalue weighted by molar-refractivity contribution is 0.941. The lowest BCUT2D eigenvalue weighted by Crippen LogP contribution is -1.86. The van der Waals surface area contributed by atoms with Gasteiger partial charge in [-0.3, -0.25) is 5.10 Å². The number of thioether (sulfide) groups is 1. The predicted octanol–water partition coefficient (Wildman–Crippen LogP) is 4.20.